The van der Waals surface area contributed by atoms with Crippen LogP contribution < -0.4 is 5.73 Å². The number of hydrogen-bond donors (Lipinski definition) is 4. The number of amidine groups is 1. The molecule has 102 valence electrons. The van der Waals surface area contributed by atoms with Crippen molar-refractivity contribution < 1.29 is 15.1 Å². The first-order chi connectivity index (χ1) is 9.41. The van der Waals surface area contributed by atoms with E-state index in [9.17, 15) is 20.3 Å². The smallest absolute Gasteiger partial charge is 0.280 e. The molecule has 0 saturated heterocycles. The Balaban J connectivity index is 2.65. The van der Waals surface area contributed by atoms with E-state index in [0.29, 0.717) is 5.56 Å². The summed E-state index contributed by atoms with van der Waals surface area (Å²) in [5, 5.41) is 37.5. The molecule has 7 heteroatoms. The molecule has 5 N–H and O–H groups in total. The van der Waals surface area contributed by atoms with Gasteiger partial charge in [0.2, 0.25) is 0 Å². The van der Waals surface area contributed by atoms with Crippen LogP contribution in [0.4, 0.5) is 5.69 Å². The number of benzene rings is 2. The van der Waals surface area contributed by atoms with Crippen LogP contribution in [0.5, 0.6) is 11.5 Å². The van der Waals surface area contributed by atoms with E-state index < -0.39 is 10.8 Å². The molecule has 0 atom stereocenters. The molecule has 0 bridgehead atoms. The highest BCUT2D eigenvalue weighted by atomic mass is 16.6. The van der Waals surface area contributed by atoms with Crippen molar-refractivity contribution in [1.82, 2.24) is 0 Å². The monoisotopic (exact) mass is 273 g/mol. The van der Waals surface area contributed by atoms with Gasteiger partial charge in [-0.2, -0.15) is 0 Å². The van der Waals surface area contributed by atoms with Gasteiger partial charge in [-0.1, -0.05) is 18.2 Å². The second-order valence-electron chi connectivity index (χ2n) is 4.08. The minimum absolute atomic E-state index is 0.00149. The Morgan fingerprint density at radius 2 is 1.95 bits per heavy atom. The van der Waals surface area contributed by atoms with Gasteiger partial charge < -0.3 is 15.9 Å². The maximum atomic E-state index is 11.0. The van der Waals surface area contributed by atoms with Crippen LogP contribution in [-0.2, 0) is 0 Å². The third-order valence-corrected chi connectivity index (χ3v) is 2.81. The number of nitrogens with two attached hydrogens (primary N) is 1. The molecule has 0 aliphatic carbocycles. The zero-order valence-electron chi connectivity index (χ0n) is 10.2. The summed E-state index contributed by atoms with van der Waals surface area (Å²) >= 11 is 0. The lowest BCUT2D eigenvalue weighted by Gasteiger charge is -2.08. The Morgan fingerprint density at radius 3 is 2.55 bits per heavy atom. The van der Waals surface area contributed by atoms with E-state index in [-0.39, 0.29) is 28.3 Å². The molecule has 0 spiro atoms. The summed E-state index contributed by atoms with van der Waals surface area (Å²) in [4.78, 5) is 10.4. The minimum atomic E-state index is -0.653. The molecule has 7 nitrogen and oxygen atoms in total. The van der Waals surface area contributed by atoms with Crippen molar-refractivity contribution in [3.8, 4) is 22.6 Å². The van der Waals surface area contributed by atoms with Gasteiger partial charge >= 0.3 is 0 Å². The van der Waals surface area contributed by atoms with Crippen LogP contribution in [0.2, 0.25) is 0 Å². The van der Waals surface area contributed by atoms with Gasteiger partial charge in [-0.25, -0.2) is 0 Å². The zero-order valence-corrected chi connectivity index (χ0v) is 10.2. The Kier molecular flexibility index (Phi) is 3.26. The second kappa shape index (κ2) is 4.88. The molecule has 0 aromatic heterocycles. The summed E-state index contributed by atoms with van der Waals surface area (Å²) in [6.07, 6.45) is 0. The van der Waals surface area contributed by atoms with Crippen LogP contribution >= 0.6 is 0 Å². The van der Waals surface area contributed by atoms with Crippen molar-refractivity contribution in [3.63, 3.8) is 0 Å². The highest BCUT2D eigenvalue weighted by Crippen LogP contribution is 2.37. The number of nitrogen functional groups attached to an aromatic ring is 1. The third-order valence-electron chi connectivity index (χ3n) is 2.81. The molecule has 0 heterocycles. The number of para-hydroxylation sites is 1. The summed E-state index contributed by atoms with van der Waals surface area (Å²) < 4.78 is 0. The lowest BCUT2D eigenvalue weighted by molar-refractivity contribution is -0.385. The fourth-order valence-electron chi connectivity index (χ4n) is 1.84. The van der Waals surface area contributed by atoms with Gasteiger partial charge in [-0.05, 0) is 17.7 Å². The SMILES string of the molecule is N=C(N)c1ccc(-c2cccc(O)c2O)cc1[N+](=O)[O-]. The number of rotatable bonds is 3. The molecule has 2 aromatic rings. The summed E-state index contributed by atoms with van der Waals surface area (Å²) in [5.41, 5.74) is 5.54. The minimum Gasteiger partial charge on any atom is -0.504 e. The summed E-state index contributed by atoms with van der Waals surface area (Å²) in [6.45, 7) is 0. The Labute approximate surface area is 113 Å². The van der Waals surface area contributed by atoms with E-state index in [4.69, 9.17) is 11.1 Å². The number of aromatic hydroxyl groups is 2. The van der Waals surface area contributed by atoms with Crippen LogP contribution in [0, 0.1) is 15.5 Å². The number of hydrogen-bond acceptors (Lipinski definition) is 5. The van der Waals surface area contributed by atoms with E-state index in [0.717, 1.165) is 0 Å². The average Bonchev–Trinajstić information content (AvgIpc) is 2.41. The summed E-state index contributed by atoms with van der Waals surface area (Å²) in [7, 11) is 0. The fraction of sp³-hybridized carbons (Fsp3) is 0. The summed E-state index contributed by atoms with van der Waals surface area (Å²) in [6, 6.07) is 8.34. The molecule has 0 aliphatic heterocycles. The Hall–Kier alpha value is -3.09. The number of phenolic OH excluding ortho intramolecular Hbond substituents is 2. The van der Waals surface area contributed by atoms with Crippen LogP contribution in [0.25, 0.3) is 11.1 Å². The molecule has 0 amide bonds. The molecule has 2 aromatic carbocycles. The van der Waals surface area contributed by atoms with Gasteiger partial charge in [0.05, 0.1) is 10.5 Å². The van der Waals surface area contributed by atoms with Gasteiger partial charge in [-0.3, -0.25) is 15.5 Å². The number of nitrogens with zero attached hydrogens (tertiary/aromatic N) is 1. The van der Waals surface area contributed by atoms with E-state index in [1.807, 2.05) is 0 Å². The number of nitro groups is 1. The topological polar surface area (TPSA) is 133 Å². The van der Waals surface area contributed by atoms with E-state index >= 15 is 0 Å². The zero-order chi connectivity index (χ0) is 14.9. The van der Waals surface area contributed by atoms with Crippen molar-refractivity contribution >= 4 is 11.5 Å². The van der Waals surface area contributed by atoms with Gasteiger partial charge in [0, 0.05) is 11.6 Å². The van der Waals surface area contributed by atoms with Gasteiger partial charge in [-0.15, -0.1) is 0 Å². The number of phenols is 2. The highest BCUT2D eigenvalue weighted by molar-refractivity contribution is 5.99. The largest absolute Gasteiger partial charge is 0.504 e. The van der Waals surface area contributed by atoms with Crippen molar-refractivity contribution in [1.29, 1.82) is 5.41 Å². The van der Waals surface area contributed by atoms with Crippen molar-refractivity contribution in [2.45, 2.75) is 0 Å². The fourth-order valence-corrected chi connectivity index (χ4v) is 1.84. The maximum absolute atomic E-state index is 11.0. The summed E-state index contributed by atoms with van der Waals surface area (Å²) in [5.74, 6) is -1.10. The first-order valence-corrected chi connectivity index (χ1v) is 5.56. The third kappa shape index (κ3) is 2.24. The van der Waals surface area contributed by atoms with E-state index in [1.54, 1.807) is 0 Å². The van der Waals surface area contributed by atoms with Gasteiger partial charge in [0.15, 0.2) is 11.5 Å². The van der Waals surface area contributed by atoms with E-state index in [1.165, 1.54) is 36.4 Å². The standard InChI is InChI=1S/C13H11N3O4/c14-13(15)9-5-4-7(6-10(9)16(19)20)8-2-1-3-11(17)12(8)18/h1-6,17-18H,(H3,14,15). The lowest BCUT2D eigenvalue weighted by Crippen LogP contribution is -2.13. The van der Waals surface area contributed by atoms with Crippen LogP contribution in [0.3, 0.4) is 0 Å². The van der Waals surface area contributed by atoms with Crippen molar-refractivity contribution in [3.05, 3.63) is 52.1 Å². The highest BCUT2D eigenvalue weighted by Gasteiger charge is 2.18. The molecular weight excluding hydrogens is 262 g/mol. The lowest BCUT2D eigenvalue weighted by atomic mass is 10.0. The number of nitrogens with one attached hydrogen (secondary N) is 1. The number of nitro benzene ring substituents is 1. The van der Waals surface area contributed by atoms with Crippen LogP contribution in [-0.4, -0.2) is 21.0 Å². The van der Waals surface area contributed by atoms with Gasteiger partial charge in [0.1, 0.15) is 5.84 Å². The molecular formula is C13H11N3O4. The Bertz CT molecular complexity index is 713. The van der Waals surface area contributed by atoms with Crippen molar-refractivity contribution in [2.75, 3.05) is 0 Å². The van der Waals surface area contributed by atoms with Crippen molar-refractivity contribution in [2.24, 2.45) is 5.73 Å². The molecule has 0 unspecified atom stereocenters. The molecule has 20 heavy (non-hydrogen) atoms. The molecule has 0 aliphatic rings. The second-order valence-corrected chi connectivity index (χ2v) is 4.08. The predicted octanol–water partition coefficient (Wildman–Crippen LogP) is 1.96. The first kappa shape index (κ1) is 13.3. The van der Waals surface area contributed by atoms with Gasteiger partial charge in [0.25, 0.3) is 5.69 Å². The maximum Gasteiger partial charge on any atom is 0.280 e. The van der Waals surface area contributed by atoms with E-state index in [2.05, 4.69) is 0 Å². The normalized spacial score (nSPS) is 10.2. The average molecular weight is 273 g/mol. The first-order valence-electron chi connectivity index (χ1n) is 5.56. The van der Waals surface area contributed by atoms with Crippen LogP contribution in [0.15, 0.2) is 36.4 Å². The van der Waals surface area contributed by atoms with Crippen LogP contribution in [0.1, 0.15) is 5.56 Å². The quantitative estimate of drug-likeness (QED) is 0.223. The molecule has 2 rings (SSSR count). The molecule has 0 radical (unpaired) electrons. The predicted molar refractivity (Wildman–Crippen MR) is 72.9 cm³/mol. The molecule has 0 fully saturated rings. The molecule has 0 saturated carbocycles. The Morgan fingerprint density at radius 1 is 1.25 bits per heavy atom.